The van der Waals surface area contributed by atoms with Crippen LogP contribution in [0.4, 0.5) is 0 Å². The molecule has 0 fully saturated rings. The SMILES string of the molecule is CS(C)(Br)CC(=O)CCN1C(=O)c2ccccc2C1=O. The van der Waals surface area contributed by atoms with E-state index in [0.717, 1.165) is 0 Å². The highest BCUT2D eigenvalue weighted by Gasteiger charge is 2.35. The number of carbonyl (C=O) groups excluding carboxylic acids is 3. The summed E-state index contributed by atoms with van der Waals surface area (Å²) in [6, 6.07) is 6.75. The average Bonchev–Trinajstić information content (AvgIpc) is 2.59. The molecule has 1 aliphatic heterocycles. The molecule has 0 saturated carbocycles. The van der Waals surface area contributed by atoms with Crippen LogP contribution in [-0.4, -0.2) is 47.3 Å². The largest absolute Gasteiger partial charge is 0.299 e. The van der Waals surface area contributed by atoms with Gasteiger partial charge in [0, 0.05) is 18.7 Å². The van der Waals surface area contributed by atoms with Crippen LogP contribution < -0.4 is 0 Å². The van der Waals surface area contributed by atoms with E-state index in [1.54, 1.807) is 24.3 Å². The topological polar surface area (TPSA) is 54.5 Å². The monoisotopic (exact) mass is 357 g/mol. The molecular weight excluding hydrogens is 342 g/mol. The lowest BCUT2D eigenvalue weighted by molar-refractivity contribution is -0.116. The minimum Gasteiger partial charge on any atom is -0.299 e. The van der Waals surface area contributed by atoms with Crippen LogP contribution in [0.2, 0.25) is 0 Å². The number of ketones is 1. The zero-order valence-electron chi connectivity index (χ0n) is 11.4. The highest BCUT2D eigenvalue weighted by atomic mass is 79.9. The Morgan fingerprint density at radius 1 is 1.15 bits per heavy atom. The van der Waals surface area contributed by atoms with Gasteiger partial charge in [0.1, 0.15) is 5.78 Å². The van der Waals surface area contributed by atoms with Gasteiger partial charge >= 0.3 is 0 Å². The number of hydrogen-bond donors (Lipinski definition) is 0. The summed E-state index contributed by atoms with van der Waals surface area (Å²) in [4.78, 5) is 37.2. The summed E-state index contributed by atoms with van der Waals surface area (Å²) < 4.78 is 0. The summed E-state index contributed by atoms with van der Waals surface area (Å²) in [5, 5.41) is 0. The molecule has 1 aromatic rings. The van der Waals surface area contributed by atoms with Gasteiger partial charge in [-0.15, -0.1) is 0 Å². The first kappa shape index (κ1) is 15.3. The summed E-state index contributed by atoms with van der Waals surface area (Å²) in [5.74, 6) is -0.0815. The molecule has 1 aromatic carbocycles. The molecule has 1 heterocycles. The van der Waals surface area contributed by atoms with Crippen LogP contribution in [0.1, 0.15) is 27.1 Å². The Morgan fingerprint density at radius 3 is 2.10 bits per heavy atom. The Kier molecular flexibility index (Phi) is 4.34. The Balaban J connectivity index is 2.01. The maximum absolute atomic E-state index is 12.1. The summed E-state index contributed by atoms with van der Waals surface area (Å²) in [5.41, 5.74) is 0.854. The van der Waals surface area contributed by atoms with E-state index in [2.05, 4.69) is 14.8 Å². The molecular formula is C14H16BrNO3S. The standard InChI is InChI=1S/C14H16BrNO3S/c1-20(2,15)9-10(17)7-8-16-13(18)11-5-3-4-6-12(11)14(16)19/h3-6H,7-9H2,1-2H3. The van der Waals surface area contributed by atoms with Crippen molar-refractivity contribution in [1.29, 1.82) is 0 Å². The minimum absolute atomic E-state index is 0.0680. The second-order valence-electron chi connectivity index (χ2n) is 5.14. The summed E-state index contributed by atoms with van der Waals surface area (Å²) in [6.07, 6.45) is 4.20. The highest BCUT2D eigenvalue weighted by Crippen LogP contribution is 2.47. The van der Waals surface area contributed by atoms with Crippen molar-refractivity contribution in [3.05, 3.63) is 35.4 Å². The van der Waals surface area contributed by atoms with Crippen LogP contribution in [0.5, 0.6) is 0 Å². The van der Waals surface area contributed by atoms with Gasteiger partial charge in [-0.2, -0.15) is 8.46 Å². The number of nitrogens with zero attached hydrogens (tertiary/aromatic N) is 1. The van der Waals surface area contributed by atoms with Crippen LogP contribution in [0.3, 0.4) is 0 Å². The lowest BCUT2D eigenvalue weighted by atomic mass is 10.1. The van der Waals surface area contributed by atoms with E-state index >= 15 is 0 Å². The van der Waals surface area contributed by atoms with Gasteiger partial charge < -0.3 is 0 Å². The maximum atomic E-state index is 12.1. The molecule has 1 aliphatic rings. The van der Waals surface area contributed by atoms with Gasteiger partial charge in [-0.1, -0.05) is 12.1 Å². The highest BCUT2D eigenvalue weighted by molar-refractivity contribution is 9.58. The molecule has 0 bridgehead atoms. The molecule has 0 unspecified atom stereocenters. The molecule has 2 amide bonds. The smallest absolute Gasteiger partial charge is 0.261 e. The van der Waals surface area contributed by atoms with Gasteiger partial charge in [0.05, 0.1) is 11.1 Å². The number of amides is 2. The van der Waals surface area contributed by atoms with Gasteiger partial charge in [-0.05, 0) is 39.5 Å². The molecule has 0 aliphatic carbocycles. The number of halogens is 1. The van der Waals surface area contributed by atoms with E-state index < -0.39 is 8.46 Å². The number of hydrogen-bond acceptors (Lipinski definition) is 3. The molecule has 0 aromatic heterocycles. The lowest BCUT2D eigenvalue weighted by Crippen LogP contribution is -2.32. The first-order chi connectivity index (χ1) is 9.29. The van der Waals surface area contributed by atoms with Crippen LogP contribution in [0.25, 0.3) is 0 Å². The summed E-state index contributed by atoms with van der Waals surface area (Å²) in [7, 11) is -1.08. The van der Waals surface area contributed by atoms with Crippen LogP contribution >= 0.6 is 23.3 Å². The first-order valence-electron chi connectivity index (χ1n) is 6.17. The number of benzene rings is 1. The molecule has 108 valence electrons. The van der Waals surface area contributed by atoms with Gasteiger partial charge in [0.15, 0.2) is 0 Å². The Labute approximate surface area is 127 Å². The Bertz CT molecular complexity index is 545. The van der Waals surface area contributed by atoms with Crippen molar-refractivity contribution >= 4 is 40.9 Å². The zero-order chi connectivity index (χ0) is 14.9. The van der Waals surface area contributed by atoms with E-state index in [0.29, 0.717) is 16.9 Å². The second kappa shape index (κ2) is 5.69. The van der Waals surface area contributed by atoms with Gasteiger partial charge in [0.2, 0.25) is 0 Å². The third-order valence-electron chi connectivity index (χ3n) is 3.00. The van der Waals surface area contributed by atoms with Gasteiger partial charge in [0.25, 0.3) is 11.8 Å². The quantitative estimate of drug-likeness (QED) is 0.761. The number of imide groups is 1. The number of carbonyl (C=O) groups is 3. The van der Waals surface area contributed by atoms with Gasteiger partial charge in [-0.3, -0.25) is 19.3 Å². The predicted octanol–water partition coefficient (Wildman–Crippen LogP) is 2.62. The van der Waals surface area contributed by atoms with E-state index in [1.807, 2.05) is 12.5 Å². The van der Waals surface area contributed by atoms with E-state index in [9.17, 15) is 14.4 Å². The third kappa shape index (κ3) is 3.30. The molecule has 20 heavy (non-hydrogen) atoms. The molecule has 4 nitrogen and oxygen atoms in total. The normalized spacial score (nSPS) is 15.4. The molecule has 0 N–H and O–H groups in total. The number of rotatable bonds is 5. The van der Waals surface area contributed by atoms with Crippen molar-refractivity contribution in [3.8, 4) is 0 Å². The second-order valence-corrected chi connectivity index (χ2v) is 13.5. The summed E-state index contributed by atoms with van der Waals surface area (Å²) in [6.45, 7) is 0.160. The molecule has 0 radical (unpaired) electrons. The van der Waals surface area contributed by atoms with Gasteiger partial charge in [-0.25, -0.2) is 0 Å². The molecule has 2 rings (SSSR count). The maximum Gasteiger partial charge on any atom is 0.261 e. The average molecular weight is 358 g/mol. The van der Waals surface area contributed by atoms with Crippen LogP contribution in [0.15, 0.2) is 24.3 Å². The van der Waals surface area contributed by atoms with Crippen molar-refractivity contribution in [2.45, 2.75) is 6.42 Å². The van der Waals surface area contributed by atoms with E-state index in [1.165, 1.54) is 4.90 Å². The van der Waals surface area contributed by atoms with E-state index in [-0.39, 0.29) is 30.6 Å². The summed E-state index contributed by atoms with van der Waals surface area (Å²) >= 11 is 3.49. The van der Waals surface area contributed by atoms with Crippen molar-refractivity contribution in [1.82, 2.24) is 4.90 Å². The van der Waals surface area contributed by atoms with Crippen molar-refractivity contribution in [2.75, 3.05) is 24.8 Å². The molecule has 6 heteroatoms. The van der Waals surface area contributed by atoms with Crippen molar-refractivity contribution < 1.29 is 14.4 Å². The number of Topliss-reactive ketones (excluding diaryl/α,β-unsaturated/α-hetero) is 1. The van der Waals surface area contributed by atoms with Crippen LogP contribution in [-0.2, 0) is 4.79 Å². The minimum atomic E-state index is -1.08. The molecule has 0 spiro atoms. The van der Waals surface area contributed by atoms with E-state index in [4.69, 9.17) is 0 Å². The number of fused-ring (bicyclic) bond motifs is 1. The zero-order valence-corrected chi connectivity index (χ0v) is 13.8. The predicted molar refractivity (Wildman–Crippen MR) is 84.7 cm³/mol. The lowest BCUT2D eigenvalue weighted by Gasteiger charge is -2.21. The fourth-order valence-corrected chi connectivity index (χ4v) is 3.81. The molecule has 0 saturated heterocycles. The van der Waals surface area contributed by atoms with Crippen molar-refractivity contribution in [3.63, 3.8) is 0 Å². The fourth-order valence-electron chi connectivity index (χ4n) is 2.13. The first-order valence-corrected chi connectivity index (χ1v) is 10.6. The Morgan fingerprint density at radius 2 is 1.65 bits per heavy atom. The fraction of sp³-hybridized carbons (Fsp3) is 0.357. The van der Waals surface area contributed by atoms with Crippen molar-refractivity contribution in [2.24, 2.45) is 0 Å². The Hall–Kier alpha value is -1.14. The van der Waals surface area contributed by atoms with Crippen LogP contribution in [0, 0.1) is 0 Å². The third-order valence-corrected chi connectivity index (χ3v) is 4.69. The molecule has 0 atom stereocenters.